The molecule has 0 fully saturated rings. The third kappa shape index (κ3) is 2.35. The van der Waals surface area contributed by atoms with Crippen LogP contribution in [0.4, 0.5) is 11.5 Å². The van der Waals surface area contributed by atoms with Crippen molar-refractivity contribution in [3.8, 4) is 0 Å². The molecule has 1 aromatic carbocycles. The van der Waals surface area contributed by atoms with Gasteiger partial charge in [0.15, 0.2) is 0 Å². The minimum atomic E-state index is -0.0411. The number of pyridine rings is 1. The van der Waals surface area contributed by atoms with Crippen molar-refractivity contribution in [2.24, 2.45) is 0 Å². The molecule has 0 aliphatic heterocycles. The van der Waals surface area contributed by atoms with Crippen molar-refractivity contribution in [3.63, 3.8) is 0 Å². The Bertz CT molecular complexity index is 555. The quantitative estimate of drug-likeness (QED) is 0.743. The number of hydrogen-bond donors (Lipinski definition) is 3. The van der Waals surface area contributed by atoms with Crippen molar-refractivity contribution >= 4 is 33.9 Å². The third-order valence-corrected chi connectivity index (χ3v) is 3.28. The standard InChI is InChI=1S/C13H16ClN3O/c1-2-8(7-18)17-13-12-9(5-6-16-13)11(15)4-3-10(12)14/h3-6,8,18H,2,7,15H2,1H3,(H,16,17). The topological polar surface area (TPSA) is 71.2 Å². The Morgan fingerprint density at radius 2 is 2.22 bits per heavy atom. The number of aliphatic hydroxyl groups is 1. The molecule has 0 bridgehead atoms. The first kappa shape index (κ1) is 12.9. The summed E-state index contributed by atoms with van der Waals surface area (Å²) in [5.41, 5.74) is 6.59. The number of nitrogen functional groups attached to an aromatic ring is 1. The zero-order valence-electron chi connectivity index (χ0n) is 10.2. The van der Waals surface area contributed by atoms with Crippen LogP contribution in [0.1, 0.15) is 13.3 Å². The van der Waals surface area contributed by atoms with Crippen LogP contribution in [0.5, 0.6) is 0 Å². The summed E-state index contributed by atoms with van der Waals surface area (Å²) in [4.78, 5) is 4.28. The number of benzene rings is 1. The van der Waals surface area contributed by atoms with Crippen molar-refractivity contribution in [2.75, 3.05) is 17.7 Å². The first-order valence-corrected chi connectivity index (χ1v) is 6.25. The van der Waals surface area contributed by atoms with Crippen LogP contribution in [0.3, 0.4) is 0 Å². The average Bonchev–Trinajstić information content (AvgIpc) is 2.40. The highest BCUT2D eigenvalue weighted by molar-refractivity contribution is 6.37. The van der Waals surface area contributed by atoms with Crippen LogP contribution in [0, 0.1) is 0 Å². The molecule has 1 unspecified atom stereocenters. The highest BCUT2D eigenvalue weighted by Gasteiger charge is 2.12. The molecule has 0 saturated heterocycles. The molecule has 1 aromatic heterocycles. The van der Waals surface area contributed by atoms with Crippen LogP contribution >= 0.6 is 11.6 Å². The van der Waals surface area contributed by atoms with Crippen molar-refractivity contribution in [1.82, 2.24) is 4.98 Å². The minimum Gasteiger partial charge on any atom is -0.398 e. The summed E-state index contributed by atoms with van der Waals surface area (Å²) in [6.45, 7) is 2.05. The molecule has 1 heterocycles. The molecule has 96 valence electrons. The van der Waals surface area contributed by atoms with Gasteiger partial charge in [-0.2, -0.15) is 0 Å². The van der Waals surface area contributed by atoms with Gasteiger partial charge in [0.25, 0.3) is 0 Å². The predicted octanol–water partition coefficient (Wildman–Crippen LogP) is 2.65. The number of fused-ring (bicyclic) bond motifs is 1. The van der Waals surface area contributed by atoms with Crippen LogP contribution in [0.2, 0.25) is 5.02 Å². The second-order valence-electron chi connectivity index (χ2n) is 4.15. The molecule has 2 rings (SSSR count). The second kappa shape index (κ2) is 5.42. The maximum Gasteiger partial charge on any atom is 0.135 e. The highest BCUT2D eigenvalue weighted by atomic mass is 35.5. The largest absolute Gasteiger partial charge is 0.398 e. The Labute approximate surface area is 111 Å². The number of hydrogen-bond acceptors (Lipinski definition) is 4. The zero-order valence-corrected chi connectivity index (χ0v) is 10.9. The summed E-state index contributed by atoms with van der Waals surface area (Å²) in [5, 5.41) is 14.7. The lowest BCUT2D eigenvalue weighted by molar-refractivity contribution is 0.271. The summed E-state index contributed by atoms with van der Waals surface area (Å²) >= 11 is 6.21. The van der Waals surface area contributed by atoms with Crippen molar-refractivity contribution < 1.29 is 5.11 Å². The Morgan fingerprint density at radius 1 is 1.44 bits per heavy atom. The first-order valence-electron chi connectivity index (χ1n) is 5.87. The van der Waals surface area contributed by atoms with E-state index in [1.54, 1.807) is 18.3 Å². The van der Waals surface area contributed by atoms with Gasteiger partial charge in [0.2, 0.25) is 0 Å². The number of nitrogens with two attached hydrogens (primary N) is 1. The van der Waals surface area contributed by atoms with E-state index in [-0.39, 0.29) is 12.6 Å². The monoisotopic (exact) mass is 265 g/mol. The zero-order chi connectivity index (χ0) is 13.1. The molecule has 0 aliphatic rings. The summed E-state index contributed by atoms with van der Waals surface area (Å²) in [5.74, 6) is 0.658. The Kier molecular flexibility index (Phi) is 3.89. The molecule has 1 atom stereocenters. The lowest BCUT2D eigenvalue weighted by Gasteiger charge is -2.17. The fourth-order valence-corrected chi connectivity index (χ4v) is 2.11. The summed E-state index contributed by atoms with van der Waals surface area (Å²) in [7, 11) is 0. The van der Waals surface area contributed by atoms with Gasteiger partial charge in [0.05, 0.1) is 17.7 Å². The second-order valence-corrected chi connectivity index (χ2v) is 4.56. The van der Waals surface area contributed by atoms with Crippen LogP contribution in [-0.2, 0) is 0 Å². The molecular formula is C13H16ClN3O. The molecular weight excluding hydrogens is 250 g/mol. The van der Waals surface area contributed by atoms with Gasteiger partial charge in [-0.25, -0.2) is 4.98 Å². The molecule has 0 radical (unpaired) electrons. The normalized spacial score (nSPS) is 12.6. The SMILES string of the molecule is CCC(CO)Nc1nccc2c(N)ccc(Cl)c12. The fraction of sp³-hybridized carbons (Fsp3) is 0.308. The number of nitrogens with one attached hydrogen (secondary N) is 1. The third-order valence-electron chi connectivity index (χ3n) is 2.96. The van der Waals surface area contributed by atoms with E-state index in [0.717, 1.165) is 17.2 Å². The van der Waals surface area contributed by atoms with Crippen LogP contribution in [-0.4, -0.2) is 22.7 Å². The number of rotatable bonds is 4. The van der Waals surface area contributed by atoms with E-state index in [2.05, 4.69) is 10.3 Å². The van der Waals surface area contributed by atoms with Crippen LogP contribution in [0.25, 0.3) is 10.8 Å². The summed E-state index contributed by atoms with van der Waals surface area (Å²) < 4.78 is 0. The van der Waals surface area contributed by atoms with E-state index in [4.69, 9.17) is 17.3 Å². The highest BCUT2D eigenvalue weighted by Crippen LogP contribution is 2.32. The Hall–Kier alpha value is -1.52. The summed E-state index contributed by atoms with van der Waals surface area (Å²) in [6.07, 6.45) is 2.48. The van der Waals surface area contributed by atoms with E-state index in [0.29, 0.717) is 16.5 Å². The number of anilines is 2. The Morgan fingerprint density at radius 3 is 2.89 bits per heavy atom. The molecule has 0 aliphatic carbocycles. The number of aromatic nitrogens is 1. The van der Waals surface area contributed by atoms with Crippen molar-refractivity contribution in [2.45, 2.75) is 19.4 Å². The smallest absolute Gasteiger partial charge is 0.135 e. The summed E-state index contributed by atoms with van der Waals surface area (Å²) in [6, 6.07) is 5.33. The number of aliphatic hydroxyl groups excluding tert-OH is 1. The minimum absolute atomic E-state index is 0.0411. The Balaban J connectivity index is 2.54. The predicted molar refractivity (Wildman–Crippen MR) is 76.0 cm³/mol. The van der Waals surface area contributed by atoms with Gasteiger partial charge in [-0.3, -0.25) is 0 Å². The molecule has 4 nitrogen and oxygen atoms in total. The average molecular weight is 266 g/mol. The van der Waals surface area contributed by atoms with Gasteiger partial charge in [-0.05, 0) is 24.6 Å². The van der Waals surface area contributed by atoms with Gasteiger partial charge in [0, 0.05) is 22.7 Å². The fourth-order valence-electron chi connectivity index (χ4n) is 1.86. The molecule has 5 heteroatoms. The maximum atomic E-state index is 9.24. The van der Waals surface area contributed by atoms with E-state index in [1.807, 2.05) is 13.0 Å². The lowest BCUT2D eigenvalue weighted by Crippen LogP contribution is -2.23. The van der Waals surface area contributed by atoms with Crippen molar-refractivity contribution in [1.29, 1.82) is 0 Å². The van der Waals surface area contributed by atoms with Gasteiger partial charge in [-0.15, -0.1) is 0 Å². The molecule has 18 heavy (non-hydrogen) atoms. The van der Waals surface area contributed by atoms with E-state index < -0.39 is 0 Å². The lowest BCUT2D eigenvalue weighted by atomic mass is 10.1. The number of nitrogens with zero attached hydrogens (tertiary/aromatic N) is 1. The van der Waals surface area contributed by atoms with E-state index >= 15 is 0 Å². The van der Waals surface area contributed by atoms with E-state index in [1.165, 1.54) is 0 Å². The molecule has 4 N–H and O–H groups in total. The van der Waals surface area contributed by atoms with Crippen LogP contribution in [0.15, 0.2) is 24.4 Å². The molecule has 0 saturated carbocycles. The van der Waals surface area contributed by atoms with Crippen molar-refractivity contribution in [3.05, 3.63) is 29.4 Å². The number of halogens is 1. The first-order chi connectivity index (χ1) is 8.67. The van der Waals surface area contributed by atoms with E-state index in [9.17, 15) is 5.11 Å². The van der Waals surface area contributed by atoms with Gasteiger partial charge >= 0.3 is 0 Å². The molecule has 0 amide bonds. The van der Waals surface area contributed by atoms with Gasteiger partial charge < -0.3 is 16.2 Å². The van der Waals surface area contributed by atoms with Gasteiger partial charge in [-0.1, -0.05) is 18.5 Å². The maximum absolute atomic E-state index is 9.24. The molecule has 2 aromatic rings. The van der Waals surface area contributed by atoms with Gasteiger partial charge in [0.1, 0.15) is 5.82 Å². The van der Waals surface area contributed by atoms with Crippen LogP contribution < -0.4 is 11.1 Å². The molecule has 0 spiro atoms.